The Morgan fingerprint density at radius 2 is 1.74 bits per heavy atom. The first-order valence-corrected chi connectivity index (χ1v) is 7.34. The zero-order chi connectivity index (χ0) is 14.3. The lowest BCUT2D eigenvalue weighted by Crippen LogP contribution is -2.25. The highest BCUT2D eigenvalue weighted by Gasteiger charge is 2.17. The van der Waals surface area contributed by atoms with E-state index >= 15 is 0 Å². The molecule has 0 spiro atoms. The van der Waals surface area contributed by atoms with E-state index in [-0.39, 0.29) is 5.82 Å². The highest BCUT2D eigenvalue weighted by atomic mass is 19.1. The second kappa shape index (κ2) is 7.64. The third-order valence-corrected chi connectivity index (χ3v) is 3.53. The van der Waals surface area contributed by atoms with E-state index in [1.807, 2.05) is 12.1 Å². The highest BCUT2D eigenvalue weighted by molar-refractivity contribution is 5.16. The second-order valence-corrected chi connectivity index (χ2v) is 6.64. The number of hydrogen-bond acceptors (Lipinski definition) is 1. The van der Waals surface area contributed by atoms with E-state index in [0.29, 0.717) is 11.3 Å². The van der Waals surface area contributed by atoms with Crippen molar-refractivity contribution >= 4 is 0 Å². The van der Waals surface area contributed by atoms with E-state index in [2.05, 4.69) is 33.0 Å². The molecule has 1 aromatic rings. The van der Waals surface area contributed by atoms with Crippen LogP contribution in [0.1, 0.15) is 46.1 Å². The molecule has 0 radical (unpaired) electrons. The molecule has 0 saturated heterocycles. The molecule has 0 aliphatic heterocycles. The average molecular weight is 265 g/mol. The Labute approximate surface area is 117 Å². The molecule has 0 atom stereocenters. The molecule has 0 aliphatic carbocycles. The fourth-order valence-electron chi connectivity index (χ4n) is 2.08. The molecule has 0 aromatic heterocycles. The average Bonchev–Trinajstić information content (AvgIpc) is 2.34. The highest BCUT2D eigenvalue weighted by Crippen LogP contribution is 2.26. The van der Waals surface area contributed by atoms with Crippen LogP contribution in [-0.4, -0.2) is 13.1 Å². The van der Waals surface area contributed by atoms with Gasteiger partial charge in [-0.3, -0.25) is 0 Å². The van der Waals surface area contributed by atoms with Crippen LogP contribution in [0.2, 0.25) is 0 Å². The van der Waals surface area contributed by atoms with E-state index < -0.39 is 0 Å². The van der Waals surface area contributed by atoms with E-state index in [4.69, 9.17) is 0 Å². The van der Waals surface area contributed by atoms with Crippen LogP contribution in [0.3, 0.4) is 0 Å². The monoisotopic (exact) mass is 265 g/mol. The van der Waals surface area contributed by atoms with Crippen molar-refractivity contribution in [2.24, 2.45) is 11.3 Å². The molecule has 0 heterocycles. The van der Waals surface area contributed by atoms with Crippen molar-refractivity contribution < 1.29 is 4.39 Å². The van der Waals surface area contributed by atoms with Crippen molar-refractivity contribution in [2.75, 3.05) is 13.1 Å². The lowest BCUT2D eigenvalue weighted by Gasteiger charge is -2.25. The standard InChI is InChI=1S/C17H28FN/c1-14(2)13-19-12-11-17(3,4)10-9-15-5-7-16(18)8-6-15/h5-8,14,19H,9-13H2,1-4H3. The predicted molar refractivity (Wildman–Crippen MR) is 80.8 cm³/mol. The van der Waals surface area contributed by atoms with Gasteiger partial charge in [0.15, 0.2) is 0 Å². The van der Waals surface area contributed by atoms with Gasteiger partial charge in [0.1, 0.15) is 5.82 Å². The first-order chi connectivity index (χ1) is 8.89. The summed E-state index contributed by atoms with van der Waals surface area (Å²) in [7, 11) is 0. The van der Waals surface area contributed by atoms with Crippen LogP contribution in [0.5, 0.6) is 0 Å². The van der Waals surface area contributed by atoms with Crippen molar-refractivity contribution in [3.8, 4) is 0 Å². The first-order valence-electron chi connectivity index (χ1n) is 7.34. The van der Waals surface area contributed by atoms with Crippen molar-refractivity contribution in [1.29, 1.82) is 0 Å². The van der Waals surface area contributed by atoms with Gasteiger partial charge in [0.2, 0.25) is 0 Å². The molecule has 0 unspecified atom stereocenters. The summed E-state index contributed by atoms with van der Waals surface area (Å²) in [5, 5.41) is 3.50. The topological polar surface area (TPSA) is 12.0 Å². The van der Waals surface area contributed by atoms with Crippen LogP contribution >= 0.6 is 0 Å². The Kier molecular flexibility index (Phi) is 6.50. The number of aryl methyl sites for hydroxylation is 1. The number of benzene rings is 1. The van der Waals surface area contributed by atoms with E-state index in [9.17, 15) is 4.39 Å². The minimum Gasteiger partial charge on any atom is -0.316 e. The molecule has 108 valence electrons. The van der Waals surface area contributed by atoms with Crippen molar-refractivity contribution in [2.45, 2.75) is 47.0 Å². The predicted octanol–water partition coefficient (Wildman–Crippen LogP) is 4.42. The fourth-order valence-corrected chi connectivity index (χ4v) is 2.08. The van der Waals surface area contributed by atoms with Crippen LogP contribution in [0.4, 0.5) is 4.39 Å². The van der Waals surface area contributed by atoms with Gasteiger partial charge >= 0.3 is 0 Å². The van der Waals surface area contributed by atoms with Gasteiger partial charge in [-0.2, -0.15) is 0 Å². The number of rotatable bonds is 8. The molecule has 1 N–H and O–H groups in total. The number of halogens is 1. The van der Waals surface area contributed by atoms with Crippen LogP contribution < -0.4 is 5.32 Å². The second-order valence-electron chi connectivity index (χ2n) is 6.64. The summed E-state index contributed by atoms with van der Waals surface area (Å²) in [6.45, 7) is 11.3. The molecule has 19 heavy (non-hydrogen) atoms. The minimum absolute atomic E-state index is 0.152. The molecular formula is C17H28FN. The minimum atomic E-state index is -0.152. The van der Waals surface area contributed by atoms with Gasteiger partial charge in [-0.1, -0.05) is 39.8 Å². The van der Waals surface area contributed by atoms with Gasteiger partial charge in [0, 0.05) is 0 Å². The molecule has 1 aromatic carbocycles. The molecule has 0 bridgehead atoms. The van der Waals surface area contributed by atoms with Gasteiger partial charge in [-0.05, 0) is 61.4 Å². The molecule has 1 nitrogen and oxygen atoms in total. The SMILES string of the molecule is CC(C)CNCCC(C)(C)CCc1ccc(F)cc1. The quantitative estimate of drug-likeness (QED) is 0.686. The summed E-state index contributed by atoms with van der Waals surface area (Å²) in [5.74, 6) is 0.559. The van der Waals surface area contributed by atoms with Crippen molar-refractivity contribution in [3.63, 3.8) is 0 Å². The first kappa shape index (κ1) is 16.2. The number of hydrogen-bond donors (Lipinski definition) is 1. The summed E-state index contributed by atoms with van der Waals surface area (Å²) < 4.78 is 12.8. The van der Waals surface area contributed by atoms with Gasteiger partial charge < -0.3 is 5.32 Å². The van der Waals surface area contributed by atoms with Crippen molar-refractivity contribution in [3.05, 3.63) is 35.6 Å². The Bertz CT molecular complexity index is 354. The summed E-state index contributed by atoms with van der Waals surface area (Å²) in [6, 6.07) is 6.88. The Hall–Kier alpha value is -0.890. The maximum atomic E-state index is 12.8. The van der Waals surface area contributed by atoms with Crippen LogP contribution in [0.25, 0.3) is 0 Å². The lowest BCUT2D eigenvalue weighted by atomic mass is 9.83. The zero-order valence-electron chi connectivity index (χ0n) is 12.8. The largest absolute Gasteiger partial charge is 0.316 e. The normalized spacial score (nSPS) is 12.1. The molecule has 1 rings (SSSR count). The maximum absolute atomic E-state index is 12.8. The molecule has 0 aliphatic rings. The smallest absolute Gasteiger partial charge is 0.123 e. The Balaban J connectivity index is 2.27. The fraction of sp³-hybridized carbons (Fsp3) is 0.647. The third-order valence-electron chi connectivity index (χ3n) is 3.53. The van der Waals surface area contributed by atoms with Crippen LogP contribution in [-0.2, 0) is 6.42 Å². The zero-order valence-corrected chi connectivity index (χ0v) is 12.8. The van der Waals surface area contributed by atoms with Crippen LogP contribution in [0, 0.1) is 17.2 Å². The summed E-state index contributed by atoms with van der Waals surface area (Å²) in [6.07, 6.45) is 3.35. The molecular weight excluding hydrogens is 237 g/mol. The molecule has 2 heteroatoms. The summed E-state index contributed by atoms with van der Waals surface area (Å²) >= 11 is 0. The van der Waals surface area contributed by atoms with Gasteiger partial charge in [-0.25, -0.2) is 4.39 Å². The van der Waals surface area contributed by atoms with Gasteiger partial charge in [0.25, 0.3) is 0 Å². The molecule has 0 fully saturated rings. The van der Waals surface area contributed by atoms with Gasteiger partial charge in [0.05, 0.1) is 0 Å². The third kappa shape index (κ3) is 7.31. The van der Waals surface area contributed by atoms with E-state index in [1.165, 1.54) is 12.0 Å². The van der Waals surface area contributed by atoms with Crippen LogP contribution in [0.15, 0.2) is 24.3 Å². The van der Waals surface area contributed by atoms with Crippen molar-refractivity contribution in [1.82, 2.24) is 5.32 Å². The van der Waals surface area contributed by atoms with Gasteiger partial charge in [-0.15, -0.1) is 0 Å². The molecule has 0 saturated carbocycles. The molecule has 0 amide bonds. The Morgan fingerprint density at radius 3 is 2.32 bits per heavy atom. The summed E-state index contributed by atoms with van der Waals surface area (Å²) in [5.41, 5.74) is 1.56. The van der Waals surface area contributed by atoms with E-state index in [0.717, 1.165) is 25.9 Å². The summed E-state index contributed by atoms with van der Waals surface area (Å²) in [4.78, 5) is 0. The van der Waals surface area contributed by atoms with E-state index in [1.54, 1.807) is 12.1 Å². The lowest BCUT2D eigenvalue weighted by molar-refractivity contribution is 0.300. The Morgan fingerprint density at radius 1 is 1.11 bits per heavy atom. The maximum Gasteiger partial charge on any atom is 0.123 e. The number of nitrogens with one attached hydrogen (secondary N) is 1.